The molecule has 0 radical (unpaired) electrons. The number of hydrogen-bond acceptors (Lipinski definition) is 3. The van der Waals surface area contributed by atoms with Gasteiger partial charge in [0.05, 0.1) is 11.5 Å². The summed E-state index contributed by atoms with van der Waals surface area (Å²) < 4.78 is 48.1. The van der Waals surface area contributed by atoms with E-state index in [4.69, 9.17) is 0 Å². The molecule has 2 rings (SSSR count). The molecule has 6 heteroatoms. The molecule has 0 bridgehead atoms. The molecule has 0 aliphatic carbocycles. The van der Waals surface area contributed by atoms with E-state index in [1.165, 1.54) is 6.07 Å². The summed E-state index contributed by atoms with van der Waals surface area (Å²) in [7, 11) is -3.29. The molecule has 16 heavy (non-hydrogen) atoms. The Morgan fingerprint density at radius 2 is 1.94 bits per heavy atom. The summed E-state index contributed by atoms with van der Waals surface area (Å²) in [6.45, 7) is 0. The number of sulfone groups is 1. The Morgan fingerprint density at radius 3 is 2.44 bits per heavy atom. The van der Waals surface area contributed by atoms with Crippen molar-refractivity contribution in [1.29, 1.82) is 0 Å². The van der Waals surface area contributed by atoms with Crippen molar-refractivity contribution in [3.63, 3.8) is 0 Å². The van der Waals surface area contributed by atoms with E-state index in [0.29, 0.717) is 0 Å². The second-order valence-corrected chi connectivity index (χ2v) is 6.19. The van der Waals surface area contributed by atoms with Gasteiger partial charge in [0.15, 0.2) is 21.5 Å². The summed E-state index contributed by atoms with van der Waals surface area (Å²) in [4.78, 5) is 0. The number of benzene rings is 1. The minimum atomic E-state index is -3.29. The first-order valence-corrected chi connectivity index (χ1v) is 6.53. The first-order valence-electron chi connectivity index (χ1n) is 4.71. The largest absolute Gasteiger partial charge is 0.384 e. The molecular formula is C10H10F2O3S. The third-order valence-corrected chi connectivity index (χ3v) is 4.49. The molecule has 3 nitrogen and oxygen atoms in total. The van der Waals surface area contributed by atoms with Crippen LogP contribution < -0.4 is 0 Å². The third kappa shape index (κ3) is 1.94. The second kappa shape index (κ2) is 3.49. The standard InChI is InChI=1S/C10H10F2O3S/c11-8-2-1-7(5-9(8)12)10(13)3-4-16(14,15)6-10/h1-2,5,13H,3-4,6H2. The van der Waals surface area contributed by atoms with E-state index in [1.54, 1.807) is 0 Å². The molecule has 1 aromatic carbocycles. The van der Waals surface area contributed by atoms with E-state index in [1.807, 2.05) is 0 Å². The average Bonchev–Trinajstić information content (AvgIpc) is 2.47. The van der Waals surface area contributed by atoms with Crippen LogP contribution in [0, 0.1) is 11.6 Å². The van der Waals surface area contributed by atoms with Crippen molar-refractivity contribution in [1.82, 2.24) is 0 Å². The third-order valence-electron chi connectivity index (χ3n) is 2.74. The Hall–Kier alpha value is -1.01. The molecule has 1 N–H and O–H groups in total. The predicted molar refractivity (Wildman–Crippen MR) is 53.5 cm³/mol. The molecular weight excluding hydrogens is 238 g/mol. The van der Waals surface area contributed by atoms with Gasteiger partial charge >= 0.3 is 0 Å². The van der Waals surface area contributed by atoms with Gasteiger partial charge in [0, 0.05) is 0 Å². The minimum Gasteiger partial charge on any atom is -0.384 e. The number of hydrogen-bond donors (Lipinski definition) is 1. The Kier molecular flexibility index (Phi) is 2.51. The van der Waals surface area contributed by atoms with Crippen molar-refractivity contribution in [3.05, 3.63) is 35.4 Å². The highest BCUT2D eigenvalue weighted by Gasteiger charge is 2.42. The quantitative estimate of drug-likeness (QED) is 0.805. The van der Waals surface area contributed by atoms with Crippen molar-refractivity contribution in [2.45, 2.75) is 12.0 Å². The van der Waals surface area contributed by atoms with Crippen LogP contribution in [0.1, 0.15) is 12.0 Å². The maximum Gasteiger partial charge on any atom is 0.159 e. The maximum atomic E-state index is 13.0. The van der Waals surface area contributed by atoms with Crippen LogP contribution in [0.2, 0.25) is 0 Å². The monoisotopic (exact) mass is 248 g/mol. The van der Waals surface area contributed by atoms with Crippen molar-refractivity contribution in [2.24, 2.45) is 0 Å². The maximum absolute atomic E-state index is 13.0. The Morgan fingerprint density at radius 1 is 1.25 bits per heavy atom. The lowest BCUT2D eigenvalue weighted by Crippen LogP contribution is -2.27. The lowest BCUT2D eigenvalue weighted by molar-refractivity contribution is 0.0648. The Balaban J connectivity index is 2.41. The fourth-order valence-electron chi connectivity index (χ4n) is 1.85. The molecule has 0 saturated carbocycles. The summed E-state index contributed by atoms with van der Waals surface area (Å²) in [6.07, 6.45) is 0.0143. The van der Waals surface area contributed by atoms with Crippen LogP contribution in [0.3, 0.4) is 0 Å². The van der Waals surface area contributed by atoms with Crippen LogP contribution in [0.4, 0.5) is 8.78 Å². The molecule has 1 aliphatic rings. The summed E-state index contributed by atoms with van der Waals surface area (Å²) in [5.41, 5.74) is -1.49. The van der Waals surface area contributed by atoms with Gasteiger partial charge < -0.3 is 5.11 Å². The smallest absolute Gasteiger partial charge is 0.159 e. The number of halogens is 2. The molecule has 1 fully saturated rings. The van der Waals surface area contributed by atoms with E-state index in [9.17, 15) is 22.3 Å². The zero-order valence-electron chi connectivity index (χ0n) is 8.28. The first kappa shape index (κ1) is 11.5. The van der Waals surface area contributed by atoms with Crippen LogP contribution in [0.15, 0.2) is 18.2 Å². The van der Waals surface area contributed by atoms with Crippen LogP contribution in [0.25, 0.3) is 0 Å². The van der Waals surface area contributed by atoms with Crippen molar-refractivity contribution in [3.8, 4) is 0 Å². The van der Waals surface area contributed by atoms with Crippen molar-refractivity contribution >= 4 is 9.84 Å². The Labute approximate surface area is 91.6 Å². The highest BCUT2D eigenvalue weighted by atomic mass is 32.2. The van der Waals surface area contributed by atoms with Gasteiger partial charge in [-0.05, 0) is 24.1 Å². The molecule has 1 heterocycles. The van der Waals surface area contributed by atoms with Gasteiger partial charge in [-0.1, -0.05) is 6.07 Å². The molecule has 1 aromatic rings. The molecule has 1 aliphatic heterocycles. The second-order valence-electron chi connectivity index (χ2n) is 4.00. The van der Waals surface area contributed by atoms with Gasteiger partial charge in [0.25, 0.3) is 0 Å². The van der Waals surface area contributed by atoms with Gasteiger partial charge in [-0.15, -0.1) is 0 Å². The zero-order valence-corrected chi connectivity index (χ0v) is 9.10. The summed E-state index contributed by atoms with van der Waals surface area (Å²) in [6, 6.07) is 2.93. The van der Waals surface area contributed by atoms with E-state index in [2.05, 4.69) is 0 Å². The number of aliphatic hydroxyl groups is 1. The molecule has 1 unspecified atom stereocenters. The van der Waals surface area contributed by atoms with E-state index in [0.717, 1.165) is 12.1 Å². The zero-order chi connectivity index (χ0) is 12.0. The molecule has 0 amide bonds. The Bertz CT molecular complexity index is 527. The van der Waals surface area contributed by atoms with Crippen LogP contribution in [-0.4, -0.2) is 25.0 Å². The van der Waals surface area contributed by atoms with Gasteiger partial charge in [0.1, 0.15) is 5.60 Å². The van der Waals surface area contributed by atoms with E-state index >= 15 is 0 Å². The highest BCUT2D eigenvalue weighted by Crippen LogP contribution is 2.33. The molecule has 0 spiro atoms. The SMILES string of the molecule is O=S1(=O)CCC(O)(c2ccc(F)c(F)c2)C1. The lowest BCUT2D eigenvalue weighted by Gasteiger charge is -2.21. The summed E-state index contributed by atoms with van der Waals surface area (Å²) in [5, 5.41) is 10.0. The van der Waals surface area contributed by atoms with Crippen molar-refractivity contribution < 1.29 is 22.3 Å². The molecule has 88 valence electrons. The minimum absolute atomic E-state index is 0.0143. The highest BCUT2D eigenvalue weighted by molar-refractivity contribution is 7.91. The molecule has 1 atom stereocenters. The molecule has 0 aromatic heterocycles. The number of rotatable bonds is 1. The van der Waals surface area contributed by atoms with Crippen LogP contribution in [0.5, 0.6) is 0 Å². The lowest BCUT2D eigenvalue weighted by atomic mass is 9.93. The van der Waals surface area contributed by atoms with Gasteiger partial charge in [-0.3, -0.25) is 0 Å². The average molecular weight is 248 g/mol. The topological polar surface area (TPSA) is 54.4 Å². The first-order chi connectivity index (χ1) is 7.32. The van der Waals surface area contributed by atoms with Crippen LogP contribution in [-0.2, 0) is 15.4 Å². The van der Waals surface area contributed by atoms with E-state index in [-0.39, 0.29) is 17.7 Å². The fraction of sp³-hybridized carbons (Fsp3) is 0.400. The van der Waals surface area contributed by atoms with Gasteiger partial charge in [0.2, 0.25) is 0 Å². The van der Waals surface area contributed by atoms with Crippen LogP contribution >= 0.6 is 0 Å². The summed E-state index contributed by atoms with van der Waals surface area (Å²) >= 11 is 0. The molecule has 1 saturated heterocycles. The summed E-state index contributed by atoms with van der Waals surface area (Å²) in [5.74, 6) is -2.68. The van der Waals surface area contributed by atoms with Crippen molar-refractivity contribution in [2.75, 3.05) is 11.5 Å². The van der Waals surface area contributed by atoms with Gasteiger partial charge in [-0.2, -0.15) is 0 Å². The predicted octanol–water partition coefficient (Wildman–Crippen LogP) is 0.971. The fourth-order valence-corrected chi connectivity index (χ4v) is 3.68. The van der Waals surface area contributed by atoms with E-state index < -0.39 is 32.8 Å². The normalized spacial score (nSPS) is 28.2. The van der Waals surface area contributed by atoms with Gasteiger partial charge in [-0.25, -0.2) is 17.2 Å².